The molecule has 0 unspecified atom stereocenters. The standard InChI is InChI=1S/C27H35N3O2/c1-18(2)30-20(4)26(23-17-25(31)19(3)16-24(23)30)27(32)28-22-11-14-29(15-12-22)13-10-21-8-6-5-7-9-21/h5-9,16-18,22,31H,10-15H2,1-4H3,(H,28,32). The van der Waals surface area contributed by atoms with Gasteiger partial charge in [-0.25, -0.2) is 0 Å². The molecule has 0 spiro atoms. The van der Waals surface area contributed by atoms with Gasteiger partial charge in [0.1, 0.15) is 5.75 Å². The van der Waals surface area contributed by atoms with Crippen LogP contribution in [0, 0.1) is 13.8 Å². The number of benzene rings is 2. The lowest BCUT2D eigenvalue weighted by Gasteiger charge is -2.32. The van der Waals surface area contributed by atoms with Crippen LogP contribution in [0.5, 0.6) is 5.75 Å². The average Bonchev–Trinajstić information content (AvgIpc) is 3.05. The van der Waals surface area contributed by atoms with Gasteiger partial charge in [0, 0.05) is 48.3 Å². The molecule has 1 aliphatic heterocycles. The van der Waals surface area contributed by atoms with Crippen molar-refractivity contribution in [2.24, 2.45) is 0 Å². The molecule has 32 heavy (non-hydrogen) atoms. The lowest BCUT2D eigenvalue weighted by atomic mass is 10.0. The SMILES string of the molecule is Cc1cc2c(cc1O)c(C(=O)NC1CCN(CCc3ccccc3)CC1)c(C)n2C(C)C. The van der Waals surface area contributed by atoms with Crippen LogP contribution < -0.4 is 5.32 Å². The summed E-state index contributed by atoms with van der Waals surface area (Å²) in [6.07, 6.45) is 2.99. The average molecular weight is 434 g/mol. The van der Waals surface area contributed by atoms with Crippen LogP contribution in [0.2, 0.25) is 0 Å². The van der Waals surface area contributed by atoms with Crippen molar-refractivity contribution in [3.8, 4) is 5.75 Å². The first-order valence-corrected chi connectivity index (χ1v) is 11.8. The number of aromatic hydroxyl groups is 1. The van der Waals surface area contributed by atoms with Crippen LogP contribution in [0.3, 0.4) is 0 Å². The number of piperidine rings is 1. The molecule has 2 aromatic carbocycles. The highest BCUT2D eigenvalue weighted by Gasteiger charge is 2.26. The van der Waals surface area contributed by atoms with Gasteiger partial charge in [-0.3, -0.25) is 4.79 Å². The van der Waals surface area contributed by atoms with Gasteiger partial charge in [-0.15, -0.1) is 0 Å². The number of nitrogens with one attached hydrogen (secondary N) is 1. The molecular weight excluding hydrogens is 398 g/mol. The van der Waals surface area contributed by atoms with Gasteiger partial charge < -0.3 is 19.9 Å². The van der Waals surface area contributed by atoms with Gasteiger partial charge >= 0.3 is 0 Å². The van der Waals surface area contributed by atoms with Gasteiger partial charge in [-0.1, -0.05) is 30.3 Å². The summed E-state index contributed by atoms with van der Waals surface area (Å²) in [4.78, 5) is 15.8. The van der Waals surface area contributed by atoms with Gasteiger partial charge in [0.15, 0.2) is 0 Å². The zero-order chi connectivity index (χ0) is 22.8. The number of carbonyl (C=O) groups excluding carboxylic acids is 1. The summed E-state index contributed by atoms with van der Waals surface area (Å²) in [6, 6.07) is 14.8. The number of amides is 1. The Hall–Kier alpha value is -2.79. The van der Waals surface area contributed by atoms with Crippen LogP contribution in [0.15, 0.2) is 42.5 Å². The Morgan fingerprint density at radius 2 is 1.81 bits per heavy atom. The van der Waals surface area contributed by atoms with E-state index in [-0.39, 0.29) is 23.7 Å². The third-order valence-electron chi connectivity index (χ3n) is 6.79. The smallest absolute Gasteiger partial charge is 0.253 e. The monoisotopic (exact) mass is 433 g/mol. The molecule has 1 fully saturated rings. The third kappa shape index (κ3) is 4.53. The van der Waals surface area contributed by atoms with Crippen molar-refractivity contribution in [2.45, 2.75) is 59.0 Å². The van der Waals surface area contributed by atoms with Crippen LogP contribution in [0.1, 0.15) is 59.9 Å². The van der Waals surface area contributed by atoms with Crippen molar-refractivity contribution in [1.29, 1.82) is 0 Å². The van der Waals surface area contributed by atoms with Gasteiger partial charge in [-0.2, -0.15) is 0 Å². The fourth-order valence-electron chi connectivity index (χ4n) is 5.02. The van der Waals surface area contributed by atoms with E-state index in [1.807, 2.05) is 19.9 Å². The molecule has 0 atom stereocenters. The first-order chi connectivity index (χ1) is 15.3. The molecule has 1 amide bonds. The number of hydrogen-bond acceptors (Lipinski definition) is 3. The van der Waals surface area contributed by atoms with E-state index >= 15 is 0 Å². The molecule has 4 rings (SSSR count). The van der Waals surface area contributed by atoms with E-state index in [9.17, 15) is 9.90 Å². The quantitative estimate of drug-likeness (QED) is 0.576. The van der Waals surface area contributed by atoms with Crippen molar-refractivity contribution in [1.82, 2.24) is 14.8 Å². The number of aryl methyl sites for hydroxylation is 1. The maximum absolute atomic E-state index is 13.4. The fourth-order valence-corrected chi connectivity index (χ4v) is 5.02. The Morgan fingerprint density at radius 1 is 1.12 bits per heavy atom. The summed E-state index contributed by atoms with van der Waals surface area (Å²) in [6.45, 7) is 11.2. The molecule has 5 nitrogen and oxygen atoms in total. The first-order valence-electron chi connectivity index (χ1n) is 11.8. The number of carbonyl (C=O) groups is 1. The van der Waals surface area contributed by atoms with E-state index in [1.165, 1.54) is 5.56 Å². The van der Waals surface area contributed by atoms with Crippen LogP contribution in [0.25, 0.3) is 10.9 Å². The molecule has 2 heterocycles. The summed E-state index contributed by atoms with van der Waals surface area (Å²) >= 11 is 0. The number of phenols is 1. The molecule has 0 aliphatic carbocycles. The minimum absolute atomic E-state index is 0.0297. The zero-order valence-corrected chi connectivity index (χ0v) is 19.7. The Labute approximate surface area is 191 Å². The minimum atomic E-state index is -0.0297. The first kappa shape index (κ1) is 22.4. The molecule has 0 saturated carbocycles. The Kier molecular flexibility index (Phi) is 6.56. The molecule has 2 N–H and O–H groups in total. The van der Waals surface area contributed by atoms with Crippen molar-refractivity contribution < 1.29 is 9.90 Å². The van der Waals surface area contributed by atoms with E-state index in [4.69, 9.17) is 0 Å². The molecular formula is C27H35N3O2. The summed E-state index contributed by atoms with van der Waals surface area (Å²) in [7, 11) is 0. The van der Waals surface area contributed by atoms with Crippen molar-refractivity contribution >= 4 is 16.8 Å². The number of fused-ring (bicyclic) bond motifs is 1. The summed E-state index contributed by atoms with van der Waals surface area (Å²) in [5, 5.41) is 14.4. The molecule has 1 aromatic heterocycles. The van der Waals surface area contributed by atoms with Crippen molar-refractivity contribution in [3.05, 3.63) is 64.8 Å². The second-order valence-corrected chi connectivity index (χ2v) is 9.40. The van der Waals surface area contributed by atoms with Crippen LogP contribution >= 0.6 is 0 Å². The molecule has 0 bridgehead atoms. The van der Waals surface area contributed by atoms with Crippen molar-refractivity contribution in [3.63, 3.8) is 0 Å². The predicted octanol–water partition coefficient (Wildman–Crippen LogP) is 4.98. The number of rotatable bonds is 6. The second kappa shape index (κ2) is 9.37. The maximum Gasteiger partial charge on any atom is 0.253 e. The van der Waals surface area contributed by atoms with Crippen LogP contribution in [-0.2, 0) is 6.42 Å². The molecule has 5 heteroatoms. The highest BCUT2D eigenvalue weighted by atomic mass is 16.3. The third-order valence-corrected chi connectivity index (χ3v) is 6.79. The normalized spacial score (nSPS) is 15.5. The number of nitrogens with zero attached hydrogens (tertiary/aromatic N) is 2. The minimum Gasteiger partial charge on any atom is -0.508 e. The molecule has 1 saturated heterocycles. The highest BCUT2D eigenvalue weighted by Crippen LogP contribution is 2.33. The number of likely N-dealkylation sites (tertiary alicyclic amines) is 1. The summed E-state index contributed by atoms with van der Waals surface area (Å²) in [5.41, 5.74) is 4.85. The fraction of sp³-hybridized carbons (Fsp3) is 0.444. The molecule has 3 aromatic rings. The molecule has 0 radical (unpaired) electrons. The lowest BCUT2D eigenvalue weighted by Crippen LogP contribution is -2.45. The number of aromatic nitrogens is 1. The molecule has 1 aliphatic rings. The largest absolute Gasteiger partial charge is 0.508 e. The van der Waals surface area contributed by atoms with Gasteiger partial charge in [0.2, 0.25) is 0 Å². The van der Waals surface area contributed by atoms with Crippen molar-refractivity contribution in [2.75, 3.05) is 19.6 Å². The Balaban J connectivity index is 1.43. The van der Waals surface area contributed by atoms with Crippen LogP contribution in [-0.4, -0.2) is 46.2 Å². The van der Waals surface area contributed by atoms with Gasteiger partial charge in [0.25, 0.3) is 5.91 Å². The van der Waals surface area contributed by atoms with E-state index in [0.29, 0.717) is 5.56 Å². The van der Waals surface area contributed by atoms with Gasteiger partial charge in [0.05, 0.1) is 5.56 Å². The summed E-state index contributed by atoms with van der Waals surface area (Å²) < 4.78 is 2.20. The number of phenolic OH excluding ortho intramolecular Hbond substituents is 1. The van der Waals surface area contributed by atoms with E-state index < -0.39 is 0 Å². The second-order valence-electron chi connectivity index (χ2n) is 9.40. The predicted molar refractivity (Wildman–Crippen MR) is 131 cm³/mol. The lowest BCUT2D eigenvalue weighted by molar-refractivity contribution is 0.0912. The van der Waals surface area contributed by atoms with Crippen LogP contribution in [0.4, 0.5) is 0 Å². The Morgan fingerprint density at radius 3 is 2.47 bits per heavy atom. The van der Waals surface area contributed by atoms with E-state index in [2.05, 4.69) is 59.0 Å². The highest BCUT2D eigenvalue weighted by molar-refractivity contribution is 6.09. The van der Waals surface area contributed by atoms with E-state index in [1.54, 1.807) is 6.07 Å². The number of hydrogen-bond donors (Lipinski definition) is 2. The van der Waals surface area contributed by atoms with E-state index in [0.717, 1.165) is 61.1 Å². The summed E-state index contributed by atoms with van der Waals surface area (Å²) in [5.74, 6) is 0.206. The Bertz CT molecular complexity index is 1090. The molecule has 170 valence electrons. The van der Waals surface area contributed by atoms with Gasteiger partial charge in [-0.05, 0) is 70.2 Å². The zero-order valence-electron chi connectivity index (χ0n) is 19.7. The maximum atomic E-state index is 13.4. The topological polar surface area (TPSA) is 57.5 Å².